The van der Waals surface area contributed by atoms with E-state index in [2.05, 4.69) is 5.32 Å². The van der Waals surface area contributed by atoms with Gasteiger partial charge in [-0.05, 0) is 24.9 Å². The van der Waals surface area contributed by atoms with Crippen LogP contribution in [0.2, 0.25) is 0 Å². The van der Waals surface area contributed by atoms with Gasteiger partial charge in [0.15, 0.2) is 0 Å². The predicted octanol–water partition coefficient (Wildman–Crippen LogP) is 1.36. The molecule has 0 saturated heterocycles. The van der Waals surface area contributed by atoms with Gasteiger partial charge in [-0.1, -0.05) is 36.8 Å². The van der Waals surface area contributed by atoms with Gasteiger partial charge in [-0.15, -0.1) is 0 Å². The van der Waals surface area contributed by atoms with Crippen LogP contribution in [0.15, 0.2) is 30.3 Å². The highest BCUT2D eigenvalue weighted by Crippen LogP contribution is 2.12. The molecule has 0 spiro atoms. The van der Waals surface area contributed by atoms with E-state index in [0.717, 1.165) is 24.8 Å². The standard InChI is InChI=1S/C14H22N2O2/c15-10-6-2-5-9-14(18)16-13(11-17)12-7-3-1-4-8-12/h1,3-4,7-8,13,17H,2,5-6,9-11,15H2,(H,16,18)/t13-/m0/s1. The van der Waals surface area contributed by atoms with Gasteiger partial charge in [-0.2, -0.15) is 0 Å². The van der Waals surface area contributed by atoms with Crippen molar-refractivity contribution >= 4 is 5.91 Å². The summed E-state index contributed by atoms with van der Waals surface area (Å²) < 4.78 is 0. The number of benzene rings is 1. The molecule has 4 nitrogen and oxygen atoms in total. The van der Waals surface area contributed by atoms with Gasteiger partial charge in [0.2, 0.25) is 5.91 Å². The molecule has 0 aliphatic rings. The Labute approximate surface area is 108 Å². The maximum absolute atomic E-state index is 11.7. The number of hydrogen-bond acceptors (Lipinski definition) is 3. The molecule has 0 bridgehead atoms. The van der Waals surface area contributed by atoms with Crippen LogP contribution in [0.4, 0.5) is 0 Å². The van der Waals surface area contributed by atoms with E-state index in [9.17, 15) is 9.90 Å². The molecule has 4 N–H and O–H groups in total. The zero-order valence-electron chi connectivity index (χ0n) is 10.6. The zero-order chi connectivity index (χ0) is 13.2. The average Bonchev–Trinajstić information content (AvgIpc) is 2.42. The Morgan fingerprint density at radius 3 is 2.56 bits per heavy atom. The molecule has 18 heavy (non-hydrogen) atoms. The van der Waals surface area contributed by atoms with Crippen molar-refractivity contribution in [2.24, 2.45) is 5.73 Å². The lowest BCUT2D eigenvalue weighted by atomic mass is 10.1. The van der Waals surface area contributed by atoms with E-state index >= 15 is 0 Å². The number of amides is 1. The molecule has 0 aliphatic heterocycles. The van der Waals surface area contributed by atoms with Crippen LogP contribution >= 0.6 is 0 Å². The highest BCUT2D eigenvalue weighted by atomic mass is 16.3. The molecule has 0 fully saturated rings. The Bertz CT molecular complexity index is 341. The van der Waals surface area contributed by atoms with Crippen molar-refractivity contribution < 1.29 is 9.90 Å². The molecular weight excluding hydrogens is 228 g/mol. The van der Waals surface area contributed by atoms with Gasteiger partial charge in [-0.25, -0.2) is 0 Å². The Balaban J connectivity index is 2.37. The highest BCUT2D eigenvalue weighted by Gasteiger charge is 2.12. The molecule has 0 aliphatic carbocycles. The molecule has 1 amide bonds. The number of unbranched alkanes of at least 4 members (excludes halogenated alkanes) is 2. The first-order valence-electron chi connectivity index (χ1n) is 6.43. The highest BCUT2D eigenvalue weighted by molar-refractivity contribution is 5.76. The molecule has 1 atom stereocenters. The molecule has 100 valence electrons. The van der Waals surface area contributed by atoms with E-state index in [1.165, 1.54) is 0 Å². The van der Waals surface area contributed by atoms with Crippen molar-refractivity contribution in [2.75, 3.05) is 13.2 Å². The number of carbonyl (C=O) groups is 1. The second kappa shape index (κ2) is 8.66. The minimum absolute atomic E-state index is 0.0186. The third-order valence-corrected chi connectivity index (χ3v) is 2.83. The van der Waals surface area contributed by atoms with Gasteiger partial charge in [0.25, 0.3) is 0 Å². The summed E-state index contributed by atoms with van der Waals surface area (Å²) >= 11 is 0. The summed E-state index contributed by atoms with van der Waals surface area (Å²) in [5.41, 5.74) is 6.32. The van der Waals surface area contributed by atoms with Gasteiger partial charge >= 0.3 is 0 Å². The van der Waals surface area contributed by atoms with Crippen LogP contribution in [0, 0.1) is 0 Å². The Morgan fingerprint density at radius 1 is 1.22 bits per heavy atom. The van der Waals surface area contributed by atoms with E-state index in [4.69, 9.17) is 5.73 Å². The Kier molecular flexibility index (Phi) is 7.06. The monoisotopic (exact) mass is 250 g/mol. The number of nitrogens with one attached hydrogen (secondary N) is 1. The van der Waals surface area contributed by atoms with Crippen LogP contribution in [0.5, 0.6) is 0 Å². The van der Waals surface area contributed by atoms with Crippen molar-refractivity contribution in [2.45, 2.75) is 31.7 Å². The van der Waals surface area contributed by atoms with Crippen molar-refractivity contribution in [1.29, 1.82) is 0 Å². The summed E-state index contributed by atoms with van der Waals surface area (Å²) in [4.78, 5) is 11.7. The van der Waals surface area contributed by atoms with E-state index < -0.39 is 0 Å². The second-order valence-corrected chi connectivity index (χ2v) is 4.31. The number of aliphatic hydroxyl groups is 1. The molecule has 0 heterocycles. The molecule has 1 rings (SSSR count). The largest absolute Gasteiger partial charge is 0.394 e. The van der Waals surface area contributed by atoms with Gasteiger partial charge in [0.05, 0.1) is 12.6 Å². The zero-order valence-corrected chi connectivity index (χ0v) is 10.6. The minimum atomic E-state index is -0.312. The van der Waals surface area contributed by atoms with Crippen molar-refractivity contribution in [1.82, 2.24) is 5.32 Å². The molecule has 0 aromatic heterocycles. The fraction of sp³-hybridized carbons (Fsp3) is 0.500. The minimum Gasteiger partial charge on any atom is -0.394 e. The summed E-state index contributed by atoms with van der Waals surface area (Å²) in [6.45, 7) is 0.587. The smallest absolute Gasteiger partial charge is 0.220 e. The third-order valence-electron chi connectivity index (χ3n) is 2.83. The summed E-state index contributed by atoms with van der Waals surface area (Å²) in [5, 5.41) is 12.1. The molecule has 1 aromatic carbocycles. The van der Waals surface area contributed by atoms with Gasteiger partial charge in [-0.3, -0.25) is 4.79 Å². The second-order valence-electron chi connectivity index (χ2n) is 4.31. The summed E-state index contributed by atoms with van der Waals surface area (Å²) in [6.07, 6.45) is 3.26. The van der Waals surface area contributed by atoms with Crippen LogP contribution in [0.1, 0.15) is 37.3 Å². The van der Waals surface area contributed by atoms with Gasteiger partial charge < -0.3 is 16.2 Å². The van der Waals surface area contributed by atoms with E-state index in [1.807, 2.05) is 30.3 Å². The molecule has 0 saturated carbocycles. The average molecular weight is 250 g/mol. The van der Waals surface area contributed by atoms with Crippen molar-refractivity contribution in [3.05, 3.63) is 35.9 Å². The maximum Gasteiger partial charge on any atom is 0.220 e. The number of hydrogen-bond donors (Lipinski definition) is 3. The fourth-order valence-electron chi connectivity index (χ4n) is 1.79. The fourth-order valence-corrected chi connectivity index (χ4v) is 1.79. The third kappa shape index (κ3) is 5.29. The Morgan fingerprint density at radius 2 is 1.94 bits per heavy atom. The van der Waals surface area contributed by atoms with Crippen LogP contribution in [0.3, 0.4) is 0 Å². The summed E-state index contributed by atoms with van der Waals surface area (Å²) in [6, 6.07) is 9.18. The molecule has 0 unspecified atom stereocenters. The maximum atomic E-state index is 11.7. The quantitative estimate of drug-likeness (QED) is 0.610. The molecule has 0 radical (unpaired) electrons. The van der Waals surface area contributed by atoms with Crippen LogP contribution in [-0.2, 0) is 4.79 Å². The topological polar surface area (TPSA) is 75.4 Å². The lowest BCUT2D eigenvalue weighted by molar-refractivity contribution is -0.122. The van der Waals surface area contributed by atoms with Crippen molar-refractivity contribution in [3.8, 4) is 0 Å². The first kappa shape index (κ1) is 14.7. The molecule has 4 heteroatoms. The predicted molar refractivity (Wildman–Crippen MR) is 71.9 cm³/mol. The summed E-state index contributed by atoms with van der Waals surface area (Å²) in [5.74, 6) is -0.0186. The SMILES string of the molecule is NCCCCCC(=O)N[C@@H](CO)c1ccccc1. The number of rotatable bonds is 8. The van der Waals surface area contributed by atoms with E-state index in [-0.39, 0.29) is 18.6 Å². The number of carbonyl (C=O) groups excluding carboxylic acids is 1. The first-order chi connectivity index (χ1) is 8.77. The van der Waals surface area contributed by atoms with Gasteiger partial charge in [0.1, 0.15) is 0 Å². The van der Waals surface area contributed by atoms with Crippen molar-refractivity contribution in [3.63, 3.8) is 0 Å². The van der Waals surface area contributed by atoms with Crippen LogP contribution < -0.4 is 11.1 Å². The number of aliphatic hydroxyl groups excluding tert-OH is 1. The summed E-state index contributed by atoms with van der Waals surface area (Å²) in [7, 11) is 0. The van der Waals surface area contributed by atoms with Crippen LogP contribution in [0.25, 0.3) is 0 Å². The number of nitrogens with two attached hydrogens (primary N) is 1. The lowest BCUT2D eigenvalue weighted by Gasteiger charge is -2.16. The molecule has 1 aromatic rings. The lowest BCUT2D eigenvalue weighted by Crippen LogP contribution is -2.30. The van der Waals surface area contributed by atoms with E-state index in [0.29, 0.717) is 13.0 Å². The molecular formula is C14H22N2O2. The normalized spacial score (nSPS) is 12.1. The van der Waals surface area contributed by atoms with Gasteiger partial charge in [0, 0.05) is 6.42 Å². The van der Waals surface area contributed by atoms with E-state index in [1.54, 1.807) is 0 Å². The Hall–Kier alpha value is -1.39. The van der Waals surface area contributed by atoms with Crippen LogP contribution in [-0.4, -0.2) is 24.2 Å². The first-order valence-corrected chi connectivity index (χ1v) is 6.43.